The molecular weight excluding hydrogens is 224 g/mol. The minimum absolute atomic E-state index is 0.0419. The van der Waals surface area contributed by atoms with Gasteiger partial charge in [0.25, 0.3) is 0 Å². The molecule has 0 aliphatic rings. The van der Waals surface area contributed by atoms with E-state index in [0.717, 1.165) is 5.69 Å². The number of hydrogen-bond acceptors (Lipinski definition) is 2. The Morgan fingerprint density at radius 3 is 2.44 bits per heavy atom. The Hall–Kier alpha value is -1.61. The molecule has 0 bridgehead atoms. The van der Waals surface area contributed by atoms with E-state index in [9.17, 15) is 4.79 Å². The van der Waals surface area contributed by atoms with Gasteiger partial charge in [0.15, 0.2) is 0 Å². The van der Waals surface area contributed by atoms with Crippen molar-refractivity contribution in [3.8, 4) is 0 Å². The Balaban J connectivity index is 2.39. The van der Waals surface area contributed by atoms with Crippen LogP contribution in [0.3, 0.4) is 0 Å². The van der Waals surface area contributed by atoms with E-state index < -0.39 is 0 Å². The Bertz CT molecular complexity index is 528. The van der Waals surface area contributed by atoms with Crippen LogP contribution in [0.5, 0.6) is 0 Å². The van der Waals surface area contributed by atoms with Gasteiger partial charge in [-0.1, -0.05) is 11.6 Å². The third-order valence-electron chi connectivity index (χ3n) is 2.34. The molecule has 3 nitrogen and oxygen atoms in total. The predicted octanol–water partition coefficient (Wildman–Crippen LogP) is 2.61. The number of halogens is 1. The van der Waals surface area contributed by atoms with Gasteiger partial charge in [-0.15, -0.1) is 0 Å². The van der Waals surface area contributed by atoms with E-state index >= 15 is 0 Å². The number of nitrogens with zero attached hydrogens (tertiary/aromatic N) is 2. The maximum atomic E-state index is 12.1. The largest absolute Gasteiger partial charge is 0.287 e. The van der Waals surface area contributed by atoms with Crippen molar-refractivity contribution in [2.75, 3.05) is 0 Å². The molecule has 0 N–H and O–H groups in total. The lowest BCUT2D eigenvalue weighted by molar-refractivity contribution is 0.103. The van der Waals surface area contributed by atoms with Crippen molar-refractivity contribution in [3.05, 3.63) is 52.3 Å². The number of carbonyl (C=O) groups is 1. The van der Waals surface area contributed by atoms with Gasteiger partial charge < -0.3 is 0 Å². The van der Waals surface area contributed by atoms with Crippen molar-refractivity contribution >= 4 is 17.4 Å². The zero-order chi connectivity index (χ0) is 11.7. The monoisotopic (exact) mass is 234 g/mol. The smallest absolute Gasteiger partial charge is 0.211 e. The number of aryl methyl sites for hydroxylation is 2. The quantitative estimate of drug-likeness (QED) is 0.749. The first-order valence-corrected chi connectivity index (χ1v) is 5.26. The summed E-state index contributed by atoms with van der Waals surface area (Å²) in [7, 11) is 1.76. The van der Waals surface area contributed by atoms with Gasteiger partial charge in [-0.3, -0.25) is 9.48 Å². The average molecular weight is 235 g/mol. The summed E-state index contributed by atoms with van der Waals surface area (Å²) in [6, 6.07) is 8.62. The summed E-state index contributed by atoms with van der Waals surface area (Å²) in [6.07, 6.45) is 0. The Morgan fingerprint density at radius 2 is 1.94 bits per heavy atom. The number of ketones is 1. The van der Waals surface area contributed by atoms with Crippen LogP contribution in [0.4, 0.5) is 0 Å². The molecule has 0 fully saturated rings. The highest BCUT2D eigenvalue weighted by molar-refractivity contribution is 6.30. The fourth-order valence-corrected chi connectivity index (χ4v) is 1.70. The zero-order valence-electron chi connectivity index (χ0n) is 9.07. The van der Waals surface area contributed by atoms with E-state index in [1.807, 2.05) is 6.92 Å². The van der Waals surface area contributed by atoms with Crippen molar-refractivity contribution < 1.29 is 4.79 Å². The number of hydrogen-bond donors (Lipinski definition) is 0. The van der Waals surface area contributed by atoms with Crippen LogP contribution in [-0.2, 0) is 7.05 Å². The van der Waals surface area contributed by atoms with E-state index in [2.05, 4.69) is 5.10 Å². The summed E-state index contributed by atoms with van der Waals surface area (Å²) in [5.41, 5.74) is 2.03. The van der Waals surface area contributed by atoms with Crippen molar-refractivity contribution in [2.24, 2.45) is 7.05 Å². The van der Waals surface area contributed by atoms with E-state index in [4.69, 9.17) is 11.6 Å². The van der Waals surface area contributed by atoms with E-state index in [1.165, 1.54) is 0 Å². The van der Waals surface area contributed by atoms with Crippen LogP contribution in [0.15, 0.2) is 30.3 Å². The van der Waals surface area contributed by atoms with Crippen LogP contribution in [0, 0.1) is 6.92 Å². The zero-order valence-corrected chi connectivity index (χ0v) is 9.82. The first kappa shape index (κ1) is 10.9. The predicted molar refractivity (Wildman–Crippen MR) is 62.8 cm³/mol. The Kier molecular flexibility index (Phi) is 2.79. The van der Waals surface area contributed by atoms with Crippen LogP contribution in [0.25, 0.3) is 0 Å². The van der Waals surface area contributed by atoms with E-state index in [-0.39, 0.29) is 5.78 Å². The minimum atomic E-state index is -0.0419. The second kappa shape index (κ2) is 4.10. The molecule has 0 amide bonds. The SMILES string of the molecule is Cc1cc(C(=O)c2ccc(Cl)cc2)n(C)n1. The molecule has 16 heavy (non-hydrogen) atoms. The maximum Gasteiger partial charge on any atom is 0.211 e. The molecule has 2 rings (SSSR count). The highest BCUT2D eigenvalue weighted by atomic mass is 35.5. The second-order valence-electron chi connectivity index (χ2n) is 3.63. The summed E-state index contributed by atoms with van der Waals surface area (Å²) in [5, 5.41) is 4.77. The molecule has 1 aromatic carbocycles. The van der Waals surface area contributed by atoms with Crippen LogP contribution in [0.2, 0.25) is 5.02 Å². The number of benzene rings is 1. The van der Waals surface area contributed by atoms with Gasteiger partial charge in [-0.25, -0.2) is 0 Å². The molecule has 2 aromatic rings. The average Bonchev–Trinajstić information content (AvgIpc) is 2.58. The lowest BCUT2D eigenvalue weighted by Crippen LogP contribution is -2.07. The van der Waals surface area contributed by atoms with Crippen LogP contribution < -0.4 is 0 Å². The highest BCUT2D eigenvalue weighted by Crippen LogP contribution is 2.14. The molecular formula is C12H11ClN2O. The molecule has 0 atom stereocenters. The molecule has 1 heterocycles. The summed E-state index contributed by atoms with van der Waals surface area (Å²) in [5.74, 6) is -0.0419. The number of rotatable bonds is 2. The van der Waals surface area contributed by atoms with E-state index in [1.54, 1.807) is 42.1 Å². The summed E-state index contributed by atoms with van der Waals surface area (Å²) in [6.45, 7) is 1.86. The molecule has 0 spiro atoms. The molecule has 82 valence electrons. The van der Waals surface area contributed by atoms with Gasteiger partial charge in [0.2, 0.25) is 5.78 Å². The minimum Gasteiger partial charge on any atom is -0.287 e. The summed E-state index contributed by atoms with van der Waals surface area (Å²) >= 11 is 5.77. The topological polar surface area (TPSA) is 34.9 Å². The first-order valence-electron chi connectivity index (χ1n) is 4.89. The summed E-state index contributed by atoms with van der Waals surface area (Å²) in [4.78, 5) is 12.1. The van der Waals surface area contributed by atoms with Gasteiger partial charge in [-0.05, 0) is 37.3 Å². The molecule has 1 aromatic heterocycles. The normalized spacial score (nSPS) is 10.4. The van der Waals surface area contributed by atoms with Crippen LogP contribution in [-0.4, -0.2) is 15.6 Å². The molecule has 0 aliphatic carbocycles. The van der Waals surface area contributed by atoms with Crippen molar-refractivity contribution in [1.82, 2.24) is 9.78 Å². The molecule has 4 heteroatoms. The number of carbonyl (C=O) groups excluding carboxylic acids is 1. The van der Waals surface area contributed by atoms with Gasteiger partial charge >= 0.3 is 0 Å². The van der Waals surface area contributed by atoms with Gasteiger partial charge in [0.05, 0.1) is 5.69 Å². The maximum absolute atomic E-state index is 12.1. The second-order valence-corrected chi connectivity index (χ2v) is 4.07. The fraction of sp³-hybridized carbons (Fsp3) is 0.167. The third-order valence-corrected chi connectivity index (χ3v) is 2.59. The van der Waals surface area contributed by atoms with Crippen LogP contribution >= 0.6 is 11.6 Å². The lowest BCUT2D eigenvalue weighted by Gasteiger charge is -2.01. The molecule has 0 saturated heterocycles. The standard InChI is InChI=1S/C12H11ClN2O/c1-8-7-11(15(2)14-8)12(16)9-3-5-10(13)6-4-9/h3-7H,1-2H3. The van der Waals surface area contributed by atoms with Crippen molar-refractivity contribution in [3.63, 3.8) is 0 Å². The summed E-state index contributed by atoms with van der Waals surface area (Å²) < 4.78 is 1.59. The molecule has 0 unspecified atom stereocenters. The van der Waals surface area contributed by atoms with E-state index in [0.29, 0.717) is 16.3 Å². The van der Waals surface area contributed by atoms with Crippen molar-refractivity contribution in [2.45, 2.75) is 6.92 Å². The van der Waals surface area contributed by atoms with Gasteiger partial charge in [0, 0.05) is 17.6 Å². The van der Waals surface area contributed by atoms with Crippen molar-refractivity contribution in [1.29, 1.82) is 0 Å². The highest BCUT2D eigenvalue weighted by Gasteiger charge is 2.13. The van der Waals surface area contributed by atoms with Crippen LogP contribution in [0.1, 0.15) is 21.7 Å². The van der Waals surface area contributed by atoms with Gasteiger partial charge in [0.1, 0.15) is 5.69 Å². The number of aromatic nitrogens is 2. The first-order chi connectivity index (χ1) is 7.58. The molecule has 0 saturated carbocycles. The Labute approximate surface area is 98.7 Å². The fourth-order valence-electron chi connectivity index (χ4n) is 1.57. The molecule has 0 radical (unpaired) electrons. The lowest BCUT2D eigenvalue weighted by atomic mass is 10.1. The Morgan fingerprint density at radius 1 is 1.31 bits per heavy atom. The van der Waals surface area contributed by atoms with Gasteiger partial charge in [-0.2, -0.15) is 5.10 Å². The third kappa shape index (κ3) is 1.99. The molecule has 0 aliphatic heterocycles.